The van der Waals surface area contributed by atoms with Crippen molar-refractivity contribution in [2.24, 2.45) is 0 Å². The average molecular weight is 624 g/mol. The van der Waals surface area contributed by atoms with Gasteiger partial charge >= 0.3 is 0 Å². The molecule has 8 nitrogen and oxygen atoms in total. The molecule has 2 rings (SSSR count). The summed E-state index contributed by atoms with van der Waals surface area (Å²) in [7, 11) is 0. The topological polar surface area (TPSA) is 108 Å². The van der Waals surface area contributed by atoms with Crippen molar-refractivity contribution in [2.75, 3.05) is 5.33 Å². The van der Waals surface area contributed by atoms with Crippen molar-refractivity contribution in [3.05, 3.63) is 61.7 Å². The van der Waals surface area contributed by atoms with Crippen LogP contribution in [0.4, 0.5) is 0 Å². The number of rotatable bonds is 13. The third kappa shape index (κ3) is 16.0. The second-order valence-corrected chi connectivity index (χ2v) is 8.19. The number of Topliss-reactive ketones (excluding diaryl/α,β-unsaturated/α-hetero) is 2. The van der Waals surface area contributed by atoms with Gasteiger partial charge < -0.3 is 21.5 Å². The maximum atomic E-state index is 11.6. The van der Waals surface area contributed by atoms with E-state index < -0.39 is 0 Å². The summed E-state index contributed by atoms with van der Waals surface area (Å²) in [5.41, 5.74) is 0.957. The highest BCUT2D eigenvalue weighted by molar-refractivity contribution is 9.09. The Balaban J connectivity index is 0. The van der Waals surface area contributed by atoms with E-state index in [1.54, 1.807) is 46.3 Å². The highest BCUT2D eigenvalue weighted by Gasteiger charge is 2.15. The van der Waals surface area contributed by atoms with E-state index in [4.69, 9.17) is 10.5 Å². The van der Waals surface area contributed by atoms with Crippen LogP contribution in [-0.2, 0) is 29.2 Å². The van der Waals surface area contributed by atoms with Crippen LogP contribution in [0.5, 0.6) is 0 Å². The van der Waals surface area contributed by atoms with Gasteiger partial charge in [0.2, 0.25) is 12.0 Å². The summed E-state index contributed by atoms with van der Waals surface area (Å²) >= 11 is 3.10. The molecule has 0 N–H and O–H groups in total. The zero-order valence-corrected chi connectivity index (χ0v) is 24.4. The first kappa shape index (κ1) is 35.3. The Hall–Kier alpha value is -2.82. The van der Waals surface area contributed by atoms with Gasteiger partial charge in [0.05, 0.1) is 11.7 Å². The molecule has 0 aliphatic heterocycles. The van der Waals surface area contributed by atoms with E-state index in [0.29, 0.717) is 42.0 Å². The van der Waals surface area contributed by atoms with E-state index in [2.05, 4.69) is 54.0 Å². The zero-order valence-electron chi connectivity index (χ0n) is 21.2. The Morgan fingerprint density at radius 3 is 2.22 bits per heavy atom. The fourth-order valence-corrected chi connectivity index (χ4v) is 3.00. The Morgan fingerprint density at radius 2 is 1.75 bits per heavy atom. The van der Waals surface area contributed by atoms with Crippen molar-refractivity contribution < 1.29 is 31.1 Å². The summed E-state index contributed by atoms with van der Waals surface area (Å²) in [5.74, 6) is 0.483. The monoisotopic (exact) mass is 622 g/mol. The number of imidazole rings is 2. The van der Waals surface area contributed by atoms with Crippen LogP contribution < -0.4 is 21.5 Å². The van der Waals surface area contributed by atoms with Crippen LogP contribution in [-0.4, -0.2) is 31.0 Å². The van der Waals surface area contributed by atoms with E-state index >= 15 is 0 Å². The van der Waals surface area contributed by atoms with E-state index in [9.17, 15) is 9.59 Å². The number of carbonyl (C=O) groups excluding carboxylic acids is 2. The van der Waals surface area contributed by atoms with Crippen molar-refractivity contribution in [3.8, 4) is 12.1 Å². The van der Waals surface area contributed by atoms with E-state index in [0.717, 1.165) is 32.1 Å². The smallest absolute Gasteiger partial charge is 0.245 e. The van der Waals surface area contributed by atoms with Crippen LogP contribution in [0.15, 0.2) is 50.4 Å². The molecule has 196 valence electrons. The largest absolute Gasteiger partial charge is 1.00 e. The van der Waals surface area contributed by atoms with E-state index in [1.165, 1.54) is 0 Å². The molecule has 0 spiro atoms. The number of aromatic nitrogens is 4. The molecule has 0 saturated carbocycles. The Morgan fingerprint density at radius 1 is 1.11 bits per heavy atom. The molecule has 0 aliphatic carbocycles. The van der Waals surface area contributed by atoms with Crippen molar-refractivity contribution in [3.63, 3.8) is 0 Å². The zero-order chi connectivity index (χ0) is 26.5. The summed E-state index contributed by atoms with van der Waals surface area (Å²) in [6, 6.07) is 4.03. The summed E-state index contributed by atoms with van der Waals surface area (Å²) in [6.07, 6.45) is 15.7. The number of hydrogen-bond acceptors (Lipinski definition) is 5. The molecule has 0 saturated heterocycles. The Labute approximate surface area is 233 Å². The molecular weight excluding hydrogens is 588 g/mol. The normalized spacial score (nSPS) is 9.14. The fraction of sp³-hybridized carbons (Fsp3) is 0.462. The molecule has 0 radical (unpaired) electrons. The van der Waals surface area contributed by atoms with Crippen LogP contribution in [0.3, 0.4) is 0 Å². The number of hydrogen-bond donors (Lipinski definition) is 0. The van der Waals surface area contributed by atoms with Crippen molar-refractivity contribution >= 4 is 27.5 Å². The molecule has 2 aromatic heterocycles. The molecule has 0 fully saturated rings. The molecule has 2 heterocycles. The minimum absolute atomic E-state index is 0. The predicted molar refractivity (Wildman–Crippen MR) is 140 cm³/mol. The molecule has 36 heavy (non-hydrogen) atoms. The molecule has 0 amide bonds. The van der Waals surface area contributed by atoms with E-state index in [1.807, 2.05) is 10.6 Å². The fourth-order valence-electron chi connectivity index (χ4n) is 2.72. The number of allylic oxidation sites excluding steroid dienone is 2. The van der Waals surface area contributed by atoms with Gasteiger partial charge in [-0.05, 0) is 12.8 Å². The van der Waals surface area contributed by atoms with Crippen LogP contribution in [0.25, 0.3) is 0 Å². The quantitative estimate of drug-likeness (QED) is 0.192. The van der Waals surface area contributed by atoms with Crippen LogP contribution in [0.1, 0.15) is 63.8 Å². The molecule has 0 bridgehead atoms. The van der Waals surface area contributed by atoms with Gasteiger partial charge in [0.15, 0.2) is 11.5 Å². The van der Waals surface area contributed by atoms with Gasteiger partial charge in [-0.25, -0.2) is 14.1 Å². The maximum Gasteiger partial charge on any atom is 0.245 e. The Bertz CT molecular complexity index is 1010. The summed E-state index contributed by atoms with van der Waals surface area (Å²) in [4.78, 5) is 26.0. The first-order chi connectivity index (χ1) is 16.9. The van der Waals surface area contributed by atoms with Crippen molar-refractivity contribution in [2.45, 2.75) is 72.0 Å². The highest BCUT2D eigenvalue weighted by atomic mass is 79.9. The lowest BCUT2D eigenvalue weighted by Gasteiger charge is -1.96. The van der Waals surface area contributed by atoms with Crippen molar-refractivity contribution in [1.82, 2.24) is 14.1 Å². The molecule has 0 aromatic carbocycles. The number of unbranched alkanes of at least 4 members (excludes halogenated alkanes) is 2. The minimum atomic E-state index is 0. The lowest BCUT2D eigenvalue weighted by molar-refractivity contribution is -0.686. The van der Waals surface area contributed by atoms with Gasteiger partial charge in [-0.15, -0.1) is 6.58 Å². The summed E-state index contributed by atoms with van der Waals surface area (Å²) in [6.45, 7) is 13.0. The van der Waals surface area contributed by atoms with Crippen molar-refractivity contribution in [1.29, 1.82) is 10.5 Å². The van der Waals surface area contributed by atoms with Gasteiger partial charge in [-0.3, -0.25) is 9.59 Å². The van der Waals surface area contributed by atoms with Gasteiger partial charge in [0.1, 0.15) is 37.2 Å². The maximum absolute atomic E-state index is 11.6. The third-order valence-corrected chi connectivity index (χ3v) is 5.17. The van der Waals surface area contributed by atoms with Crippen LogP contribution in [0.2, 0.25) is 0 Å². The van der Waals surface area contributed by atoms with Crippen LogP contribution in [0, 0.1) is 22.7 Å². The molecule has 0 atom stereocenters. The first-order valence-corrected chi connectivity index (χ1v) is 12.7. The summed E-state index contributed by atoms with van der Waals surface area (Å²) < 4.78 is 5.34. The van der Waals surface area contributed by atoms with Gasteiger partial charge in [-0.1, -0.05) is 61.4 Å². The molecule has 2 aromatic rings. The SMILES string of the molecule is C=CC[n+]1cc(C#N)n(CC(=O)CCCC)c1.C=CCn1cnc(C#N)c1.CCCCC(=O)CBr.[Br-]. The first-order valence-electron chi connectivity index (χ1n) is 11.6. The second-order valence-electron chi connectivity index (χ2n) is 7.63. The van der Waals surface area contributed by atoms with Gasteiger partial charge in [0, 0.05) is 25.6 Å². The number of carbonyl (C=O) groups is 2. The molecular formula is C26H36Br2N6O2. The number of nitriles is 2. The van der Waals surface area contributed by atoms with Crippen LogP contribution >= 0.6 is 15.9 Å². The minimum Gasteiger partial charge on any atom is -1.00 e. The standard InChI is InChI=1S/C13H18N3O.C7H7N3.C6H11BrO.BrH/c1-3-5-6-13(17)10-16-11-15(7-4-2)9-12(16)8-14;1-2-3-10-5-7(4-8)9-6-10;1-2-3-4-6(8)5-7;/h4,9,11H,2-3,5-7,10H2,1H3;2,5-6H,1,3H2;2-5H2,1H3;1H/q+1;;;/p-1. The lowest BCUT2D eigenvalue weighted by Crippen LogP contribution is -3.00. The van der Waals surface area contributed by atoms with E-state index in [-0.39, 0.29) is 29.3 Å². The predicted octanol–water partition coefficient (Wildman–Crippen LogP) is 1.68. The lowest BCUT2D eigenvalue weighted by atomic mass is 10.2. The highest BCUT2D eigenvalue weighted by Crippen LogP contribution is 2.01. The summed E-state index contributed by atoms with van der Waals surface area (Å²) in [5, 5.41) is 17.9. The number of alkyl halides is 1. The second kappa shape index (κ2) is 22.6. The number of nitrogens with zero attached hydrogens (tertiary/aromatic N) is 6. The molecule has 0 unspecified atom stereocenters. The number of halogens is 2. The average Bonchev–Trinajstić information content (AvgIpc) is 3.48. The number of ketones is 2. The molecule has 0 aliphatic rings. The van der Waals surface area contributed by atoms with Gasteiger partial charge in [0.25, 0.3) is 0 Å². The molecule has 10 heteroatoms. The Kier molecular flexibility index (Phi) is 22.2. The third-order valence-electron chi connectivity index (χ3n) is 4.54. The van der Waals surface area contributed by atoms with Gasteiger partial charge in [-0.2, -0.15) is 10.5 Å².